The van der Waals surface area contributed by atoms with Crippen molar-refractivity contribution in [3.05, 3.63) is 29.8 Å². The first-order valence-electron chi connectivity index (χ1n) is 7.00. The van der Waals surface area contributed by atoms with Crippen molar-refractivity contribution in [3.8, 4) is 5.75 Å². The minimum absolute atomic E-state index is 0.0758. The lowest BCUT2D eigenvalue weighted by Gasteiger charge is -2.25. The maximum Gasteiger partial charge on any atom is 0.227 e. The Morgan fingerprint density at radius 1 is 1.37 bits per heavy atom. The number of amides is 1. The van der Waals surface area contributed by atoms with Gasteiger partial charge in [-0.1, -0.05) is 18.2 Å². The van der Waals surface area contributed by atoms with E-state index in [0.717, 1.165) is 17.7 Å². The van der Waals surface area contributed by atoms with E-state index in [9.17, 15) is 4.79 Å². The quantitative estimate of drug-likeness (QED) is 0.860. The third-order valence-electron chi connectivity index (χ3n) is 4.01. The van der Waals surface area contributed by atoms with Crippen molar-refractivity contribution in [2.75, 3.05) is 13.2 Å². The van der Waals surface area contributed by atoms with Crippen molar-refractivity contribution in [2.45, 2.75) is 31.2 Å². The number of nitrogens with one attached hydrogen (secondary N) is 1. The largest absolute Gasteiger partial charge is 0.493 e. The number of rotatable bonds is 4. The van der Waals surface area contributed by atoms with Gasteiger partial charge in [-0.05, 0) is 31.2 Å². The maximum absolute atomic E-state index is 12.3. The molecule has 1 aliphatic heterocycles. The molecule has 0 spiro atoms. The van der Waals surface area contributed by atoms with E-state index in [2.05, 4.69) is 5.32 Å². The molecule has 102 valence electrons. The van der Waals surface area contributed by atoms with Crippen molar-refractivity contribution in [3.63, 3.8) is 0 Å². The Labute approximate surface area is 113 Å². The molecule has 3 rings (SSSR count). The van der Waals surface area contributed by atoms with E-state index in [1.54, 1.807) is 0 Å². The first-order chi connectivity index (χ1) is 9.25. The van der Waals surface area contributed by atoms with Crippen LogP contribution in [-0.4, -0.2) is 25.1 Å². The van der Waals surface area contributed by atoms with E-state index in [-0.39, 0.29) is 17.9 Å². The highest BCUT2D eigenvalue weighted by Gasteiger charge is 2.31. The van der Waals surface area contributed by atoms with E-state index >= 15 is 0 Å². The van der Waals surface area contributed by atoms with Gasteiger partial charge in [-0.3, -0.25) is 4.79 Å². The molecule has 3 N–H and O–H groups in total. The molecular formula is C15H20N2O2. The third kappa shape index (κ3) is 2.73. The number of ether oxygens (including phenoxy) is 1. The zero-order chi connectivity index (χ0) is 13.2. The number of para-hydroxylation sites is 1. The molecule has 1 aromatic rings. The molecule has 2 unspecified atom stereocenters. The van der Waals surface area contributed by atoms with Gasteiger partial charge in [-0.25, -0.2) is 0 Å². The lowest BCUT2D eigenvalue weighted by atomic mass is 9.92. The average Bonchev–Trinajstić information content (AvgIpc) is 3.28. The van der Waals surface area contributed by atoms with Crippen LogP contribution in [0.2, 0.25) is 0 Å². The Bertz CT molecular complexity index is 471. The fraction of sp³-hybridized carbons (Fsp3) is 0.533. The Morgan fingerprint density at radius 3 is 2.95 bits per heavy atom. The fourth-order valence-electron chi connectivity index (χ4n) is 2.65. The molecule has 4 nitrogen and oxygen atoms in total. The summed E-state index contributed by atoms with van der Waals surface area (Å²) in [7, 11) is 0. The third-order valence-corrected chi connectivity index (χ3v) is 4.01. The van der Waals surface area contributed by atoms with Gasteiger partial charge in [-0.2, -0.15) is 0 Å². The first kappa shape index (κ1) is 12.5. The molecule has 1 amide bonds. The number of fused-ring (bicyclic) bond motifs is 1. The summed E-state index contributed by atoms with van der Waals surface area (Å²) in [5.74, 6) is 1.42. The second-order valence-corrected chi connectivity index (χ2v) is 5.47. The molecule has 0 aromatic heterocycles. The second kappa shape index (κ2) is 5.21. The summed E-state index contributed by atoms with van der Waals surface area (Å²) < 4.78 is 5.57. The van der Waals surface area contributed by atoms with E-state index in [4.69, 9.17) is 10.5 Å². The second-order valence-electron chi connectivity index (χ2n) is 5.47. The number of hydrogen-bond acceptors (Lipinski definition) is 3. The molecule has 0 saturated heterocycles. The van der Waals surface area contributed by atoms with Gasteiger partial charge < -0.3 is 15.8 Å². The van der Waals surface area contributed by atoms with Gasteiger partial charge >= 0.3 is 0 Å². The van der Waals surface area contributed by atoms with Crippen LogP contribution < -0.4 is 15.8 Å². The van der Waals surface area contributed by atoms with Crippen molar-refractivity contribution in [2.24, 2.45) is 11.7 Å². The monoisotopic (exact) mass is 260 g/mol. The lowest BCUT2D eigenvalue weighted by Crippen LogP contribution is -2.41. The van der Waals surface area contributed by atoms with Crippen LogP contribution in [0.1, 0.15) is 30.7 Å². The molecular weight excluding hydrogens is 240 g/mol. The topological polar surface area (TPSA) is 64.3 Å². The van der Waals surface area contributed by atoms with Gasteiger partial charge in [0.15, 0.2) is 0 Å². The van der Waals surface area contributed by atoms with Crippen LogP contribution in [-0.2, 0) is 4.79 Å². The molecule has 1 saturated carbocycles. The number of nitrogens with two attached hydrogens (primary N) is 1. The summed E-state index contributed by atoms with van der Waals surface area (Å²) in [6.45, 7) is 1.19. The van der Waals surface area contributed by atoms with Crippen molar-refractivity contribution < 1.29 is 9.53 Å². The molecule has 4 heteroatoms. The SMILES string of the molecule is NC(CNC(=O)C1CCOc2ccccc21)C1CC1. The number of benzene rings is 1. The lowest BCUT2D eigenvalue weighted by molar-refractivity contribution is -0.123. The molecule has 19 heavy (non-hydrogen) atoms. The predicted octanol–water partition coefficient (Wildman–Crippen LogP) is 1.41. The van der Waals surface area contributed by atoms with Gasteiger partial charge in [-0.15, -0.1) is 0 Å². The van der Waals surface area contributed by atoms with Crippen LogP contribution in [0.15, 0.2) is 24.3 Å². The van der Waals surface area contributed by atoms with Crippen LogP contribution in [0, 0.1) is 5.92 Å². The smallest absolute Gasteiger partial charge is 0.227 e. The van der Waals surface area contributed by atoms with Crippen molar-refractivity contribution in [1.82, 2.24) is 5.32 Å². The highest BCUT2D eigenvalue weighted by Crippen LogP contribution is 2.34. The summed E-state index contributed by atoms with van der Waals surface area (Å²) in [6.07, 6.45) is 3.15. The molecule has 1 fully saturated rings. The van der Waals surface area contributed by atoms with Gasteiger partial charge in [0.05, 0.1) is 12.5 Å². The minimum atomic E-state index is -0.101. The molecule has 2 aliphatic rings. The Kier molecular flexibility index (Phi) is 3.42. The van der Waals surface area contributed by atoms with E-state index in [1.165, 1.54) is 12.8 Å². The summed E-state index contributed by atoms with van der Waals surface area (Å²) in [5, 5.41) is 2.99. The van der Waals surface area contributed by atoms with Crippen LogP contribution >= 0.6 is 0 Å². The first-order valence-corrected chi connectivity index (χ1v) is 7.00. The minimum Gasteiger partial charge on any atom is -0.493 e. The molecule has 0 bridgehead atoms. The maximum atomic E-state index is 12.3. The standard InChI is InChI=1S/C15H20N2O2/c16-13(10-5-6-10)9-17-15(18)12-7-8-19-14-4-2-1-3-11(12)14/h1-4,10,12-13H,5-9,16H2,(H,17,18). The van der Waals surface area contributed by atoms with E-state index < -0.39 is 0 Å². The fourth-order valence-corrected chi connectivity index (χ4v) is 2.65. The summed E-state index contributed by atoms with van der Waals surface area (Å²) >= 11 is 0. The van der Waals surface area contributed by atoms with E-state index in [1.807, 2.05) is 24.3 Å². The number of carbonyl (C=O) groups excluding carboxylic acids is 1. The average molecular weight is 260 g/mol. The van der Waals surface area contributed by atoms with Crippen LogP contribution in [0.3, 0.4) is 0 Å². The Hall–Kier alpha value is -1.55. The molecule has 1 aromatic carbocycles. The zero-order valence-electron chi connectivity index (χ0n) is 11.0. The normalized spacial score (nSPS) is 23.1. The van der Waals surface area contributed by atoms with Crippen LogP contribution in [0.5, 0.6) is 5.75 Å². The Morgan fingerprint density at radius 2 is 2.16 bits per heavy atom. The van der Waals surface area contributed by atoms with Crippen LogP contribution in [0.4, 0.5) is 0 Å². The van der Waals surface area contributed by atoms with Crippen molar-refractivity contribution in [1.29, 1.82) is 0 Å². The van der Waals surface area contributed by atoms with Crippen LogP contribution in [0.25, 0.3) is 0 Å². The molecule has 1 heterocycles. The van der Waals surface area contributed by atoms with Gasteiger partial charge in [0.1, 0.15) is 5.75 Å². The predicted molar refractivity (Wildman–Crippen MR) is 73.0 cm³/mol. The molecule has 0 radical (unpaired) electrons. The summed E-state index contributed by atoms with van der Waals surface area (Å²) in [6, 6.07) is 7.88. The molecule has 1 aliphatic carbocycles. The van der Waals surface area contributed by atoms with Crippen molar-refractivity contribution >= 4 is 5.91 Å². The van der Waals surface area contributed by atoms with Gasteiger partial charge in [0, 0.05) is 18.2 Å². The highest BCUT2D eigenvalue weighted by molar-refractivity contribution is 5.84. The van der Waals surface area contributed by atoms with Gasteiger partial charge in [0.2, 0.25) is 5.91 Å². The number of carbonyl (C=O) groups is 1. The number of hydrogen-bond donors (Lipinski definition) is 2. The zero-order valence-corrected chi connectivity index (χ0v) is 11.0. The van der Waals surface area contributed by atoms with E-state index in [0.29, 0.717) is 19.1 Å². The summed E-state index contributed by atoms with van der Waals surface area (Å²) in [5.41, 5.74) is 7.00. The van der Waals surface area contributed by atoms with Gasteiger partial charge in [0.25, 0.3) is 0 Å². The molecule has 2 atom stereocenters. The Balaban J connectivity index is 1.63. The highest BCUT2D eigenvalue weighted by atomic mass is 16.5. The summed E-state index contributed by atoms with van der Waals surface area (Å²) in [4.78, 5) is 12.3.